The summed E-state index contributed by atoms with van der Waals surface area (Å²) in [6.45, 7) is 0. The van der Waals surface area contributed by atoms with Crippen molar-refractivity contribution >= 4 is 0 Å². The fourth-order valence-electron chi connectivity index (χ4n) is 3.25. The Bertz CT molecular complexity index is 406. The first-order valence-electron chi connectivity index (χ1n) is 7.31. The Kier molecular flexibility index (Phi) is 3.55. The molecule has 1 saturated carbocycles. The first-order chi connectivity index (χ1) is 8.84. The highest BCUT2D eigenvalue weighted by Gasteiger charge is 2.24. The van der Waals surface area contributed by atoms with Gasteiger partial charge in [-0.1, -0.05) is 25.0 Å². The zero-order chi connectivity index (χ0) is 12.4. The summed E-state index contributed by atoms with van der Waals surface area (Å²) in [7, 11) is 0. The molecule has 1 fully saturated rings. The highest BCUT2D eigenvalue weighted by molar-refractivity contribution is 5.44. The van der Waals surface area contributed by atoms with E-state index in [0.29, 0.717) is 6.10 Å². The second kappa shape index (κ2) is 5.31. The predicted octanol–water partition coefficient (Wildman–Crippen LogP) is 3.77. The molecule has 0 aromatic heterocycles. The molecule has 0 amide bonds. The Morgan fingerprint density at radius 1 is 1.00 bits per heavy atom. The van der Waals surface area contributed by atoms with Crippen LogP contribution in [0.3, 0.4) is 0 Å². The second-order valence-electron chi connectivity index (χ2n) is 5.61. The molecule has 0 heterocycles. The van der Waals surface area contributed by atoms with Crippen molar-refractivity contribution in [1.29, 1.82) is 0 Å². The van der Waals surface area contributed by atoms with Crippen molar-refractivity contribution in [2.45, 2.75) is 63.6 Å². The van der Waals surface area contributed by atoms with Crippen molar-refractivity contribution in [3.05, 3.63) is 29.3 Å². The maximum atomic E-state index is 9.90. The van der Waals surface area contributed by atoms with Gasteiger partial charge in [-0.25, -0.2) is 0 Å². The molecule has 3 rings (SSSR count). The third-order valence-electron chi connectivity index (χ3n) is 4.29. The minimum atomic E-state index is -0.280. The molecule has 0 saturated heterocycles. The predicted molar refractivity (Wildman–Crippen MR) is 71.8 cm³/mol. The minimum absolute atomic E-state index is 0.280. The number of fused-ring (bicyclic) bond motifs is 1. The van der Waals surface area contributed by atoms with E-state index in [1.807, 2.05) is 12.1 Å². The topological polar surface area (TPSA) is 29.5 Å². The Balaban J connectivity index is 1.76. The van der Waals surface area contributed by atoms with Crippen LogP contribution < -0.4 is 4.74 Å². The SMILES string of the molecule is OC1CCc2c(OC3CCCCCC3)cccc21. The highest BCUT2D eigenvalue weighted by atomic mass is 16.5. The van der Waals surface area contributed by atoms with Crippen LogP contribution in [0, 0.1) is 0 Å². The van der Waals surface area contributed by atoms with Crippen LogP contribution in [0.25, 0.3) is 0 Å². The van der Waals surface area contributed by atoms with Gasteiger partial charge in [-0.3, -0.25) is 0 Å². The lowest BCUT2D eigenvalue weighted by Gasteiger charge is -2.19. The maximum Gasteiger partial charge on any atom is 0.123 e. The van der Waals surface area contributed by atoms with Gasteiger partial charge >= 0.3 is 0 Å². The molecule has 2 heteroatoms. The van der Waals surface area contributed by atoms with E-state index in [2.05, 4.69) is 6.07 Å². The summed E-state index contributed by atoms with van der Waals surface area (Å²) in [4.78, 5) is 0. The third kappa shape index (κ3) is 2.39. The highest BCUT2D eigenvalue weighted by Crippen LogP contribution is 2.37. The monoisotopic (exact) mass is 246 g/mol. The molecule has 2 nitrogen and oxygen atoms in total. The fraction of sp³-hybridized carbons (Fsp3) is 0.625. The van der Waals surface area contributed by atoms with Crippen LogP contribution in [-0.2, 0) is 6.42 Å². The molecule has 0 bridgehead atoms. The van der Waals surface area contributed by atoms with E-state index in [1.165, 1.54) is 44.1 Å². The molecule has 0 spiro atoms. The summed E-state index contributed by atoms with van der Waals surface area (Å²) < 4.78 is 6.22. The summed E-state index contributed by atoms with van der Waals surface area (Å²) in [6.07, 6.45) is 9.58. The molecule has 1 aromatic carbocycles. The number of aliphatic hydroxyl groups is 1. The zero-order valence-corrected chi connectivity index (χ0v) is 10.9. The smallest absolute Gasteiger partial charge is 0.123 e. The Morgan fingerprint density at radius 3 is 2.56 bits per heavy atom. The van der Waals surface area contributed by atoms with E-state index < -0.39 is 0 Å². The van der Waals surface area contributed by atoms with Gasteiger partial charge in [0.2, 0.25) is 0 Å². The summed E-state index contributed by atoms with van der Waals surface area (Å²) in [5.41, 5.74) is 2.33. The number of benzene rings is 1. The van der Waals surface area contributed by atoms with Gasteiger partial charge in [-0.15, -0.1) is 0 Å². The lowest BCUT2D eigenvalue weighted by Crippen LogP contribution is -2.16. The molecule has 0 aliphatic heterocycles. The largest absolute Gasteiger partial charge is 0.490 e. The van der Waals surface area contributed by atoms with E-state index in [-0.39, 0.29) is 6.10 Å². The van der Waals surface area contributed by atoms with E-state index in [4.69, 9.17) is 4.74 Å². The van der Waals surface area contributed by atoms with Crippen molar-refractivity contribution in [2.24, 2.45) is 0 Å². The van der Waals surface area contributed by atoms with Crippen molar-refractivity contribution in [3.8, 4) is 5.75 Å². The van der Waals surface area contributed by atoms with Gasteiger partial charge in [0.15, 0.2) is 0 Å². The van der Waals surface area contributed by atoms with E-state index in [0.717, 1.165) is 24.2 Å². The lowest BCUT2D eigenvalue weighted by molar-refractivity contribution is 0.179. The number of aliphatic hydroxyl groups excluding tert-OH is 1. The molecular formula is C16H22O2. The number of rotatable bonds is 2. The van der Waals surface area contributed by atoms with Crippen LogP contribution in [0.15, 0.2) is 18.2 Å². The van der Waals surface area contributed by atoms with Crippen LogP contribution in [0.2, 0.25) is 0 Å². The number of ether oxygens (including phenoxy) is 1. The van der Waals surface area contributed by atoms with Gasteiger partial charge in [0.1, 0.15) is 5.75 Å². The quantitative estimate of drug-likeness (QED) is 0.805. The second-order valence-corrected chi connectivity index (χ2v) is 5.61. The molecule has 1 aromatic rings. The first kappa shape index (κ1) is 12.0. The Labute approximate surface area is 109 Å². The maximum absolute atomic E-state index is 9.90. The van der Waals surface area contributed by atoms with E-state index in [9.17, 15) is 5.11 Å². The average molecular weight is 246 g/mol. The van der Waals surface area contributed by atoms with Crippen molar-refractivity contribution in [1.82, 2.24) is 0 Å². The summed E-state index contributed by atoms with van der Waals surface area (Å²) in [5.74, 6) is 1.02. The van der Waals surface area contributed by atoms with E-state index in [1.54, 1.807) is 0 Å². The van der Waals surface area contributed by atoms with Crippen LogP contribution in [0.5, 0.6) is 5.75 Å². The lowest BCUT2D eigenvalue weighted by atomic mass is 10.1. The summed E-state index contributed by atoms with van der Waals surface area (Å²) >= 11 is 0. The Hall–Kier alpha value is -1.02. The van der Waals surface area contributed by atoms with Gasteiger partial charge < -0.3 is 9.84 Å². The number of hydrogen-bond acceptors (Lipinski definition) is 2. The summed E-state index contributed by atoms with van der Waals surface area (Å²) in [5, 5.41) is 9.90. The van der Waals surface area contributed by atoms with Crippen molar-refractivity contribution in [2.75, 3.05) is 0 Å². The van der Waals surface area contributed by atoms with Gasteiger partial charge in [0.25, 0.3) is 0 Å². The van der Waals surface area contributed by atoms with Gasteiger partial charge in [-0.05, 0) is 50.2 Å². The molecule has 2 aliphatic carbocycles. The van der Waals surface area contributed by atoms with Crippen LogP contribution in [0.4, 0.5) is 0 Å². The van der Waals surface area contributed by atoms with Crippen LogP contribution in [0.1, 0.15) is 62.2 Å². The Morgan fingerprint density at radius 2 is 1.78 bits per heavy atom. The van der Waals surface area contributed by atoms with E-state index >= 15 is 0 Å². The normalized spacial score (nSPS) is 24.6. The van der Waals surface area contributed by atoms with Gasteiger partial charge in [0, 0.05) is 5.56 Å². The van der Waals surface area contributed by atoms with Gasteiger partial charge in [0.05, 0.1) is 12.2 Å². The molecule has 0 radical (unpaired) electrons. The molecule has 1 atom stereocenters. The molecule has 2 aliphatic rings. The van der Waals surface area contributed by atoms with Crippen LogP contribution >= 0.6 is 0 Å². The molecular weight excluding hydrogens is 224 g/mol. The minimum Gasteiger partial charge on any atom is -0.490 e. The summed E-state index contributed by atoms with van der Waals surface area (Å²) in [6, 6.07) is 6.12. The molecule has 18 heavy (non-hydrogen) atoms. The number of hydrogen-bond donors (Lipinski definition) is 1. The fourth-order valence-corrected chi connectivity index (χ4v) is 3.25. The average Bonchev–Trinajstić information content (AvgIpc) is 2.62. The standard InChI is InChI=1S/C16H22O2/c17-15-11-10-14-13(15)8-5-9-16(14)18-12-6-3-1-2-4-7-12/h5,8-9,12,15,17H,1-4,6-7,10-11H2. The molecule has 1 N–H and O–H groups in total. The van der Waals surface area contributed by atoms with Crippen LogP contribution in [-0.4, -0.2) is 11.2 Å². The van der Waals surface area contributed by atoms with Gasteiger partial charge in [-0.2, -0.15) is 0 Å². The van der Waals surface area contributed by atoms with Crippen molar-refractivity contribution < 1.29 is 9.84 Å². The third-order valence-corrected chi connectivity index (χ3v) is 4.29. The first-order valence-corrected chi connectivity index (χ1v) is 7.31. The van der Waals surface area contributed by atoms with Crippen molar-refractivity contribution in [3.63, 3.8) is 0 Å². The molecule has 1 unspecified atom stereocenters. The zero-order valence-electron chi connectivity index (χ0n) is 10.9. The molecule has 98 valence electrons.